The Hall–Kier alpha value is -0.0900. The third-order valence-electron chi connectivity index (χ3n) is 2.69. The molecule has 1 rings (SSSR count). The molecule has 1 aromatic rings. The van der Waals surface area contributed by atoms with Crippen LogP contribution in [-0.2, 0) is 11.2 Å². The summed E-state index contributed by atoms with van der Waals surface area (Å²) in [6, 6.07) is 6.30. The summed E-state index contributed by atoms with van der Waals surface area (Å²) in [5, 5.41) is 4.25. The monoisotopic (exact) mass is 347 g/mol. The van der Waals surface area contributed by atoms with Crippen LogP contribution in [-0.4, -0.2) is 24.8 Å². The number of likely N-dealkylation sites (N-methyl/N-ethyl adjacent to an activating group) is 1. The van der Waals surface area contributed by atoms with E-state index in [0.717, 1.165) is 28.0 Å². The van der Waals surface area contributed by atoms with E-state index in [2.05, 4.69) is 55.0 Å². The quantitative estimate of drug-likeness (QED) is 0.820. The van der Waals surface area contributed by atoms with E-state index in [4.69, 9.17) is 16.3 Å². The van der Waals surface area contributed by atoms with Crippen molar-refractivity contribution in [3.05, 3.63) is 33.3 Å². The number of nitrogens with one attached hydrogen (secondary N) is 1. The predicted octanol–water partition coefficient (Wildman–Crippen LogP) is 4.44. The highest BCUT2D eigenvalue weighted by Crippen LogP contribution is 2.22. The van der Waals surface area contributed by atoms with Crippen LogP contribution in [0.1, 0.15) is 33.3 Å². The maximum Gasteiger partial charge on any atom is 0.0629 e. The minimum Gasteiger partial charge on any atom is -0.374 e. The first-order valence-electron chi connectivity index (χ1n) is 6.63. The van der Waals surface area contributed by atoms with E-state index in [9.17, 15) is 0 Å². The first-order chi connectivity index (χ1) is 8.81. The lowest BCUT2D eigenvalue weighted by atomic mass is 10.1. The van der Waals surface area contributed by atoms with Gasteiger partial charge in [0.1, 0.15) is 0 Å². The van der Waals surface area contributed by atoms with Crippen molar-refractivity contribution in [2.75, 3.05) is 13.2 Å². The van der Waals surface area contributed by atoms with Gasteiger partial charge in [0.15, 0.2) is 0 Å². The molecule has 19 heavy (non-hydrogen) atoms. The Morgan fingerprint density at radius 2 is 2.05 bits per heavy atom. The molecule has 0 saturated carbocycles. The van der Waals surface area contributed by atoms with Crippen molar-refractivity contribution in [1.82, 2.24) is 5.32 Å². The maximum atomic E-state index is 6.27. The smallest absolute Gasteiger partial charge is 0.0629 e. The zero-order valence-electron chi connectivity index (χ0n) is 12.1. The van der Waals surface area contributed by atoms with E-state index in [-0.39, 0.29) is 11.6 Å². The van der Waals surface area contributed by atoms with Gasteiger partial charge in [0, 0.05) is 15.5 Å². The Balaban J connectivity index is 2.67. The molecule has 1 unspecified atom stereocenters. The van der Waals surface area contributed by atoms with Gasteiger partial charge in [-0.2, -0.15) is 0 Å². The summed E-state index contributed by atoms with van der Waals surface area (Å²) >= 11 is 9.69. The normalized spacial score (nSPS) is 13.6. The molecule has 1 aromatic carbocycles. The van der Waals surface area contributed by atoms with Gasteiger partial charge in [-0.05, 0) is 51.4 Å². The lowest BCUT2D eigenvalue weighted by molar-refractivity contribution is -0.0141. The summed E-state index contributed by atoms with van der Waals surface area (Å²) in [6.07, 6.45) is 0.871. The molecule has 1 atom stereocenters. The van der Waals surface area contributed by atoms with Gasteiger partial charge in [-0.15, -0.1) is 0 Å². The van der Waals surface area contributed by atoms with Crippen molar-refractivity contribution in [3.63, 3.8) is 0 Å². The van der Waals surface area contributed by atoms with Crippen LogP contribution in [0, 0.1) is 0 Å². The summed E-state index contributed by atoms with van der Waals surface area (Å²) in [6.45, 7) is 9.93. The summed E-state index contributed by atoms with van der Waals surface area (Å²) in [4.78, 5) is 0. The average Bonchev–Trinajstić information content (AvgIpc) is 2.28. The highest BCUT2D eigenvalue weighted by atomic mass is 79.9. The van der Waals surface area contributed by atoms with Crippen LogP contribution >= 0.6 is 27.5 Å². The summed E-state index contributed by atoms with van der Waals surface area (Å²) < 4.78 is 6.87. The molecule has 0 aliphatic rings. The Kier molecular flexibility index (Phi) is 6.81. The van der Waals surface area contributed by atoms with Crippen molar-refractivity contribution in [1.29, 1.82) is 0 Å². The topological polar surface area (TPSA) is 21.3 Å². The van der Waals surface area contributed by atoms with E-state index < -0.39 is 0 Å². The zero-order chi connectivity index (χ0) is 14.5. The number of halogens is 2. The molecule has 2 nitrogen and oxygen atoms in total. The first-order valence-corrected chi connectivity index (χ1v) is 7.80. The van der Waals surface area contributed by atoms with Gasteiger partial charge in [-0.3, -0.25) is 0 Å². The van der Waals surface area contributed by atoms with E-state index in [0.29, 0.717) is 6.61 Å². The molecule has 1 N–H and O–H groups in total. The van der Waals surface area contributed by atoms with Gasteiger partial charge in [-0.25, -0.2) is 0 Å². The minimum atomic E-state index is -0.114. The molecule has 0 aliphatic carbocycles. The molecule has 0 amide bonds. The molecule has 4 heteroatoms. The SMILES string of the molecule is CCNC(COC(C)(C)C)Cc1ccc(Br)cc1Cl. The molecule has 0 radical (unpaired) electrons. The number of benzene rings is 1. The second kappa shape index (κ2) is 7.63. The molecular formula is C15H23BrClNO. The molecule has 0 spiro atoms. The van der Waals surface area contributed by atoms with Crippen molar-refractivity contribution < 1.29 is 4.74 Å². The van der Waals surface area contributed by atoms with Gasteiger partial charge in [-0.1, -0.05) is 40.5 Å². The standard InChI is InChI=1S/C15H23BrClNO/c1-5-18-13(10-19-15(2,3)4)8-11-6-7-12(16)9-14(11)17/h6-7,9,13,18H,5,8,10H2,1-4H3. The predicted molar refractivity (Wildman–Crippen MR) is 86.0 cm³/mol. The molecule has 0 aromatic heterocycles. The van der Waals surface area contributed by atoms with E-state index in [1.807, 2.05) is 12.1 Å². The summed E-state index contributed by atoms with van der Waals surface area (Å²) in [5.41, 5.74) is 1.03. The molecule has 0 bridgehead atoms. The van der Waals surface area contributed by atoms with E-state index in [1.165, 1.54) is 0 Å². The van der Waals surface area contributed by atoms with E-state index in [1.54, 1.807) is 0 Å². The largest absolute Gasteiger partial charge is 0.374 e. The lowest BCUT2D eigenvalue weighted by Gasteiger charge is -2.25. The van der Waals surface area contributed by atoms with Crippen LogP contribution in [0.25, 0.3) is 0 Å². The van der Waals surface area contributed by atoms with Crippen LogP contribution in [0.2, 0.25) is 5.02 Å². The van der Waals surface area contributed by atoms with Gasteiger partial charge in [0.2, 0.25) is 0 Å². The van der Waals surface area contributed by atoms with Crippen LogP contribution in [0.5, 0.6) is 0 Å². The van der Waals surface area contributed by atoms with Crippen LogP contribution in [0.4, 0.5) is 0 Å². The molecule has 0 saturated heterocycles. The number of hydrogen-bond donors (Lipinski definition) is 1. The fraction of sp³-hybridized carbons (Fsp3) is 0.600. The molecule has 0 aliphatic heterocycles. The average molecular weight is 349 g/mol. The second-order valence-electron chi connectivity index (χ2n) is 5.62. The third-order valence-corrected chi connectivity index (χ3v) is 3.54. The minimum absolute atomic E-state index is 0.114. The molecule has 0 fully saturated rings. The third kappa shape index (κ3) is 6.75. The van der Waals surface area contributed by atoms with E-state index >= 15 is 0 Å². The van der Waals surface area contributed by atoms with Crippen molar-refractivity contribution in [2.24, 2.45) is 0 Å². The highest BCUT2D eigenvalue weighted by molar-refractivity contribution is 9.10. The highest BCUT2D eigenvalue weighted by Gasteiger charge is 2.16. The fourth-order valence-electron chi connectivity index (χ4n) is 1.78. The fourth-order valence-corrected chi connectivity index (χ4v) is 2.53. The number of rotatable bonds is 6. The van der Waals surface area contributed by atoms with Gasteiger partial charge >= 0.3 is 0 Å². The van der Waals surface area contributed by atoms with Gasteiger partial charge in [0.05, 0.1) is 12.2 Å². The first kappa shape index (κ1) is 17.0. The van der Waals surface area contributed by atoms with Gasteiger partial charge < -0.3 is 10.1 Å². The Labute approximate surface area is 130 Å². The summed E-state index contributed by atoms with van der Waals surface area (Å²) in [7, 11) is 0. The zero-order valence-corrected chi connectivity index (χ0v) is 14.4. The van der Waals surface area contributed by atoms with Gasteiger partial charge in [0.25, 0.3) is 0 Å². The molecule has 0 heterocycles. The molecular weight excluding hydrogens is 326 g/mol. The Morgan fingerprint density at radius 1 is 1.37 bits per heavy atom. The Bertz CT molecular complexity index is 404. The van der Waals surface area contributed by atoms with Crippen molar-refractivity contribution in [2.45, 2.75) is 45.8 Å². The van der Waals surface area contributed by atoms with Crippen molar-refractivity contribution >= 4 is 27.5 Å². The number of hydrogen-bond acceptors (Lipinski definition) is 2. The van der Waals surface area contributed by atoms with Crippen LogP contribution < -0.4 is 5.32 Å². The van der Waals surface area contributed by atoms with Crippen molar-refractivity contribution in [3.8, 4) is 0 Å². The van der Waals surface area contributed by atoms with Crippen LogP contribution in [0.3, 0.4) is 0 Å². The van der Waals surface area contributed by atoms with Crippen LogP contribution in [0.15, 0.2) is 22.7 Å². The second-order valence-corrected chi connectivity index (χ2v) is 6.94. The molecule has 108 valence electrons. The Morgan fingerprint density at radius 3 is 2.58 bits per heavy atom. The lowest BCUT2D eigenvalue weighted by Crippen LogP contribution is -2.38. The maximum absolute atomic E-state index is 6.27. The number of ether oxygens (including phenoxy) is 1. The summed E-state index contributed by atoms with van der Waals surface area (Å²) in [5.74, 6) is 0.